The molecule has 40 heavy (non-hydrogen) atoms. The van der Waals surface area contributed by atoms with Crippen molar-refractivity contribution in [2.45, 2.75) is 58.9 Å². The van der Waals surface area contributed by atoms with E-state index in [-0.39, 0.29) is 11.6 Å². The summed E-state index contributed by atoms with van der Waals surface area (Å²) in [5.74, 6) is 1.25. The van der Waals surface area contributed by atoms with E-state index in [9.17, 15) is 9.59 Å². The molecule has 0 fully saturated rings. The van der Waals surface area contributed by atoms with Crippen LogP contribution in [0.5, 0.6) is 5.75 Å². The number of carbonyl (C=O) groups is 1. The smallest absolute Gasteiger partial charge is 0.322 e. The van der Waals surface area contributed by atoms with Crippen molar-refractivity contribution < 1.29 is 9.53 Å². The summed E-state index contributed by atoms with van der Waals surface area (Å²) in [5.41, 5.74) is 1.75. The Morgan fingerprint density at radius 1 is 0.975 bits per heavy atom. The molecule has 7 nitrogen and oxygen atoms in total. The first-order valence-corrected chi connectivity index (χ1v) is 14.4. The number of nitrogens with one attached hydrogen (secondary N) is 1. The van der Waals surface area contributed by atoms with Gasteiger partial charge in [0.05, 0.1) is 29.2 Å². The summed E-state index contributed by atoms with van der Waals surface area (Å²) in [6, 6.07) is 21.1. The van der Waals surface area contributed by atoms with Gasteiger partial charge in [0.25, 0.3) is 5.56 Å². The summed E-state index contributed by atoms with van der Waals surface area (Å²) in [4.78, 5) is 34.6. The van der Waals surface area contributed by atoms with Gasteiger partial charge in [0.2, 0.25) is 0 Å². The van der Waals surface area contributed by atoms with Gasteiger partial charge in [-0.1, -0.05) is 56.8 Å². The lowest BCUT2D eigenvalue weighted by Gasteiger charge is -2.32. The Kier molecular flexibility index (Phi) is 10.2. The van der Waals surface area contributed by atoms with E-state index >= 15 is 0 Å². The SMILES string of the molecule is CCCCCCN(C(=O)Nc1ccc(Cl)cc1)C(CC)c1nc2ccccc2c(=O)n1-c1ccc(OCC)cc1. The number of carbonyl (C=O) groups excluding carboxylic acids is 1. The molecule has 1 heterocycles. The minimum absolute atomic E-state index is 0.174. The van der Waals surface area contributed by atoms with Crippen molar-refractivity contribution in [3.05, 3.63) is 94.0 Å². The monoisotopic (exact) mass is 560 g/mol. The van der Waals surface area contributed by atoms with Crippen LogP contribution in [0.2, 0.25) is 5.02 Å². The fourth-order valence-electron chi connectivity index (χ4n) is 4.86. The topological polar surface area (TPSA) is 76.5 Å². The number of ether oxygens (including phenoxy) is 1. The number of amides is 2. The van der Waals surface area contributed by atoms with Crippen LogP contribution in [0.1, 0.15) is 64.7 Å². The number of hydrogen-bond donors (Lipinski definition) is 1. The maximum Gasteiger partial charge on any atom is 0.322 e. The fraction of sp³-hybridized carbons (Fsp3) is 0.344. The molecule has 0 radical (unpaired) electrons. The van der Waals surface area contributed by atoms with Crippen molar-refractivity contribution in [1.29, 1.82) is 0 Å². The van der Waals surface area contributed by atoms with E-state index < -0.39 is 6.04 Å². The molecule has 0 saturated heterocycles. The first-order valence-electron chi connectivity index (χ1n) is 14.0. The van der Waals surface area contributed by atoms with Crippen LogP contribution >= 0.6 is 11.6 Å². The molecule has 2 amide bonds. The molecule has 1 unspecified atom stereocenters. The molecular formula is C32H37ClN4O3. The van der Waals surface area contributed by atoms with Crippen molar-refractivity contribution in [2.75, 3.05) is 18.5 Å². The molecule has 1 N–H and O–H groups in total. The molecule has 0 aliphatic carbocycles. The van der Waals surface area contributed by atoms with Crippen LogP contribution in [-0.2, 0) is 0 Å². The standard InChI is InChI=1S/C32H37ClN4O3/c1-4-7-8-11-22-36(32(39)34-24-16-14-23(33)15-17-24)29(5-2)30-35-28-13-10-9-12-27(28)31(38)37(30)25-18-20-26(21-19-25)40-6-3/h9-10,12-21,29H,4-8,11,22H2,1-3H3,(H,34,39). The van der Waals surface area contributed by atoms with Gasteiger partial charge >= 0.3 is 6.03 Å². The highest BCUT2D eigenvalue weighted by atomic mass is 35.5. The van der Waals surface area contributed by atoms with Crippen molar-refractivity contribution in [3.63, 3.8) is 0 Å². The number of benzene rings is 3. The third-order valence-electron chi connectivity index (χ3n) is 6.88. The van der Waals surface area contributed by atoms with Crippen LogP contribution < -0.4 is 15.6 Å². The van der Waals surface area contributed by atoms with Gasteiger partial charge < -0.3 is 15.0 Å². The summed E-state index contributed by atoms with van der Waals surface area (Å²) in [7, 11) is 0. The lowest BCUT2D eigenvalue weighted by atomic mass is 10.1. The van der Waals surface area contributed by atoms with Crippen LogP contribution in [-0.4, -0.2) is 33.6 Å². The molecule has 4 rings (SSSR count). The molecule has 1 atom stereocenters. The molecule has 0 bridgehead atoms. The third kappa shape index (κ3) is 6.83. The Hall–Kier alpha value is -3.84. The van der Waals surface area contributed by atoms with E-state index in [0.29, 0.717) is 52.7 Å². The lowest BCUT2D eigenvalue weighted by Crippen LogP contribution is -2.41. The molecule has 8 heteroatoms. The molecule has 0 saturated carbocycles. The van der Waals surface area contributed by atoms with Crippen molar-refractivity contribution in [2.24, 2.45) is 0 Å². The van der Waals surface area contributed by atoms with Gasteiger partial charge in [-0.15, -0.1) is 0 Å². The largest absolute Gasteiger partial charge is 0.494 e. The second-order valence-corrected chi connectivity index (χ2v) is 10.1. The predicted molar refractivity (Wildman–Crippen MR) is 163 cm³/mol. The quantitative estimate of drug-likeness (QED) is 0.178. The Balaban J connectivity index is 1.82. The Labute approximate surface area is 240 Å². The zero-order chi connectivity index (χ0) is 28.5. The number of halogens is 1. The van der Waals surface area contributed by atoms with Crippen molar-refractivity contribution in [3.8, 4) is 11.4 Å². The molecular weight excluding hydrogens is 524 g/mol. The number of aromatic nitrogens is 2. The lowest BCUT2D eigenvalue weighted by molar-refractivity contribution is 0.179. The maximum absolute atomic E-state index is 14.0. The molecule has 0 aliphatic rings. The summed E-state index contributed by atoms with van der Waals surface area (Å²) in [5, 5.41) is 4.14. The zero-order valence-corrected chi connectivity index (χ0v) is 24.2. The number of urea groups is 1. The summed E-state index contributed by atoms with van der Waals surface area (Å²) in [6.45, 7) is 7.19. The van der Waals surface area contributed by atoms with Crippen molar-refractivity contribution in [1.82, 2.24) is 14.5 Å². The van der Waals surface area contributed by atoms with E-state index in [0.717, 1.165) is 31.4 Å². The van der Waals surface area contributed by atoms with Gasteiger partial charge in [-0.25, -0.2) is 9.78 Å². The van der Waals surface area contributed by atoms with Gasteiger partial charge in [-0.3, -0.25) is 9.36 Å². The van der Waals surface area contributed by atoms with Crippen LogP contribution in [0.15, 0.2) is 77.6 Å². The van der Waals surface area contributed by atoms with Crippen molar-refractivity contribution >= 4 is 34.2 Å². The highest BCUT2D eigenvalue weighted by Crippen LogP contribution is 2.28. The van der Waals surface area contributed by atoms with E-state index in [4.69, 9.17) is 21.3 Å². The summed E-state index contributed by atoms with van der Waals surface area (Å²) >= 11 is 6.06. The number of unbranched alkanes of at least 4 members (excludes halogenated alkanes) is 3. The van der Waals surface area contributed by atoms with Crippen LogP contribution in [0.25, 0.3) is 16.6 Å². The van der Waals surface area contributed by atoms with Gasteiger partial charge in [-0.2, -0.15) is 0 Å². The van der Waals surface area contributed by atoms with E-state index in [1.165, 1.54) is 0 Å². The second-order valence-electron chi connectivity index (χ2n) is 9.67. The average molecular weight is 561 g/mol. The Bertz CT molecular complexity index is 1470. The predicted octanol–water partition coefficient (Wildman–Crippen LogP) is 8.00. The van der Waals surface area contributed by atoms with Gasteiger partial charge in [0.15, 0.2) is 0 Å². The number of fused-ring (bicyclic) bond motifs is 1. The number of anilines is 1. The minimum atomic E-state index is -0.446. The number of nitrogens with zero attached hydrogens (tertiary/aromatic N) is 3. The Morgan fingerprint density at radius 3 is 2.38 bits per heavy atom. The normalized spacial score (nSPS) is 11.8. The maximum atomic E-state index is 14.0. The van der Waals surface area contributed by atoms with E-state index in [2.05, 4.69) is 12.2 Å². The van der Waals surface area contributed by atoms with Gasteiger partial charge in [-0.05, 0) is 80.4 Å². The first kappa shape index (κ1) is 29.2. The average Bonchev–Trinajstić information content (AvgIpc) is 2.97. The molecule has 0 spiro atoms. The summed E-state index contributed by atoms with van der Waals surface area (Å²) in [6.07, 6.45) is 4.61. The minimum Gasteiger partial charge on any atom is -0.494 e. The van der Waals surface area contributed by atoms with E-state index in [1.54, 1.807) is 34.9 Å². The first-order chi connectivity index (χ1) is 19.5. The van der Waals surface area contributed by atoms with Crippen LogP contribution in [0.3, 0.4) is 0 Å². The molecule has 0 aliphatic heterocycles. The molecule has 3 aromatic carbocycles. The highest BCUT2D eigenvalue weighted by molar-refractivity contribution is 6.30. The number of rotatable bonds is 12. The number of para-hydroxylation sites is 1. The van der Waals surface area contributed by atoms with E-state index in [1.807, 2.05) is 61.2 Å². The molecule has 1 aromatic heterocycles. The zero-order valence-electron chi connectivity index (χ0n) is 23.4. The van der Waals surface area contributed by atoms with Crippen LogP contribution in [0.4, 0.5) is 10.5 Å². The highest BCUT2D eigenvalue weighted by Gasteiger charge is 2.29. The Morgan fingerprint density at radius 2 is 1.70 bits per heavy atom. The summed E-state index contributed by atoms with van der Waals surface area (Å²) < 4.78 is 7.26. The van der Waals surface area contributed by atoms with Crippen LogP contribution in [0, 0.1) is 0 Å². The third-order valence-corrected chi connectivity index (χ3v) is 7.13. The number of hydrogen-bond acceptors (Lipinski definition) is 4. The van der Waals surface area contributed by atoms with Gasteiger partial charge in [0, 0.05) is 17.3 Å². The fourth-order valence-corrected chi connectivity index (χ4v) is 4.99. The second kappa shape index (κ2) is 14.0. The molecule has 4 aromatic rings. The molecule has 210 valence electrons. The van der Waals surface area contributed by atoms with Gasteiger partial charge in [0.1, 0.15) is 11.6 Å².